The average Bonchev–Trinajstić information content (AvgIpc) is 2.53. The zero-order valence-electron chi connectivity index (χ0n) is 10.5. The molecule has 0 saturated heterocycles. The first-order valence-corrected chi connectivity index (χ1v) is 6.30. The second-order valence-electron chi connectivity index (χ2n) is 5.20. The summed E-state index contributed by atoms with van der Waals surface area (Å²) in [4.78, 5) is 0. The zero-order valence-corrected chi connectivity index (χ0v) is 10.5. The molecular weight excluding hydrogens is 240 g/mol. The van der Waals surface area contributed by atoms with Gasteiger partial charge in [-0.3, -0.25) is 0 Å². The number of rotatable bonds is 3. The van der Waals surface area contributed by atoms with Gasteiger partial charge in [0.2, 0.25) is 0 Å². The van der Waals surface area contributed by atoms with Crippen LogP contribution in [0, 0.1) is 11.8 Å². The van der Waals surface area contributed by atoms with E-state index in [0.717, 1.165) is 5.56 Å². The lowest BCUT2D eigenvalue weighted by Crippen LogP contribution is -2.31. The van der Waals surface area contributed by atoms with Crippen LogP contribution in [0.2, 0.25) is 0 Å². The molecule has 1 nitrogen and oxygen atoms in total. The summed E-state index contributed by atoms with van der Waals surface area (Å²) >= 11 is 0. The molecule has 5 heteroatoms. The highest BCUT2D eigenvalue weighted by atomic mass is 19.4. The number of halogens is 3. The van der Waals surface area contributed by atoms with E-state index in [0.29, 0.717) is 6.42 Å². The topological polar surface area (TPSA) is 9.23 Å². The third-order valence-corrected chi connectivity index (χ3v) is 3.88. The maximum Gasteiger partial charge on any atom is 0.637 e. The van der Waals surface area contributed by atoms with Gasteiger partial charge in [-0.05, 0) is 29.7 Å². The van der Waals surface area contributed by atoms with E-state index in [-0.39, 0.29) is 17.8 Å². The van der Waals surface area contributed by atoms with Gasteiger partial charge in [-0.25, -0.2) is 0 Å². The van der Waals surface area contributed by atoms with Gasteiger partial charge in [-0.1, -0.05) is 44.2 Å². The van der Waals surface area contributed by atoms with Crippen molar-refractivity contribution in [3.8, 4) is 0 Å². The summed E-state index contributed by atoms with van der Waals surface area (Å²) in [5.41, 5.74) is 1.11. The van der Waals surface area contributed by atoms with Crippen LogP contribution in [0.1, 0.15) is 31.7 Å². The van der Waals surface area contributed by atoms with Crippen LogP contribution in [-0.2, 0) is 4.65 Å². The summed E-state index contributed by atoms with van der Waals surface area (Å²) in [5, 5.41) is 0. The molecule has 0 heterocycles. The molecule has 1 aromatic carbocycles. The molecule has 0 bridgehead atoms. The van der Waals surface area contributed by atoms with Gasteiger partial charge >= 0.3 is 7.18 Å². The normalized spacial score (nSPS) is 32.7. The lowest BCUT2D eigenvalue weighted by atomic mass is 9.84. The number of benzene rings is 1. The molecule has 2 rings (SSSR count). The van der Waals surface area contributed by atoms with Crippen LogP contribution in [0.5, 0.6) is 0 Å². The number of hydrogen-bond donors (Lipinski definition) is 0. The van der Waals surface area contributed by atoms with E-state index in [4.69, 9.17) is 0 Å². The molecule has 0 radical (unpaired) electrons. The molecule has 0 N–H and O–H groups in total. The Morgan fingerprint density at radius 1 is 1.11 bits per heavy atom. The van der Waals surface area contributed by atoms with Crippen LogP contribution in [0.25, 0.3) is 0 Å². The van der Waals surface area contributed by atoms with Crippen LogP contribution in [-0.4, -0.2) is 13.3 Å². The van der Waals surface area contributed by atoms with Crippen molar-refractivity contribution in [2.24, 2.45) is 11.8 Å². The van der Waals surface area contributed by atoms with Crippen molar-refractivity contribution in [1.82, 2.24) is 0 Å². The van der Waals surface area contributed by atoms with E-state index >= 15 is 0 Å². The van der Waals surface area contributed by atoms with Gasteiger partial charge in [-0.15, -0.1) is 0 Å². The summed E-state index contributed by atoms with van der Waals surface area (Å²) in [7, 11) is -5.16. The van der Waals surface area contributed by atoms with Crippen LogP contribution >= 0.6 is 0 Å². The zero-order chi connectivity index (χ0) is 13.3. The molecule has 0 amide bonds. The van der Waals surface area contributed by atoms with Crippen LogP contribution in [0.3, 0.4) is 0 Å². The Balaban J connectivity index is 2.15. The summed E-state index contributed by atoms with van der Waals surface area (Å²) < 4.78 is 41.4. The Bertz CT molecular complexity index is 393. The van der Waals surface area contributed by atoms with E-state index < -0.39 is 13.3 Å². The molecule has 0 aromatic heterocycles. The van der Waals surface area contributed by atoms with Crippen molar-refractivity contribution in [3.05, 3.63) is 35.9 Å². The van der Waals surface area contributed by atoms with Gasteiger partial charge in [0.25, 0.3) is 0 Å². The predicted molar refractivity (Wildman–Crippen MR) is 66.1 cm³/mol. The third kappa shape index (κ3) is 2.89. The van der Waals surface area contributed by atoms with Gasteiger partial charge in [0, 0.05) is 6.10 Å². The minimum absolute atomic E-state index is 0.106. The summed E-state index contributed by atoms with van der Waals surface area (Å²) in [5.74, 6) is 0.255. The Morgan fingerprint density at radius 3 is 2.28 bits per heavy atom. The van der Waals surface area contributed by atoms with Crippen LogP contribution in [0.4, 0.5) is 12.9 Å². The van der Waals surface area contributed by atoms with Crippen molar-refractivity contribution >= 4 is 7.18 Å². The Hall–Kier alpha value is -0.965. The van der Waals surface area contributed by atoms with E-state index in [1.54, 1.807) is 0 Å². The van der Waals surface area contributed by atoms with Crippen molar-refractivity contribution < 1.29 is 17.6 Å². The second-order valence-corrected chi connectivity index (χ2v) is 5.20. The predicted octanol–water partition coefficient (Wildman–Crippen LogP) is 4.18. The van der Waals surface area contributed by atoms with Gasteiger partial charge < -0.3 is 17.6 Å². The van der Waals surface area contributed by atoms with Crippen LogP contribution in [0.15, 0.2) is 30.3 Å². The van der Waals surface area contributed by atoms with Gasteiger partial charge in [0.1, 0.15) is 0 Å². The molecule has 1 fully saturated rings. The molecule has 0 aliphatic heterocycles. The van der Waals surface area contributed by atoms with Gasteiger partial charge in [0.05, 0.1) is 0 Å². The molecule has 100 valence electrons. The van der Waals surface area contributed by atoms with Crippen molar-refractivity contribution in [1.29, 1.82) is 0 Å². The SMILES string of the molecule is CC1CC(O[B-](F)(F)F)C(C)C1c1ccccc1. The minimum atomic E-state index is -5.16. The largest absolute Gasteiger partial charge is 0.637 e. The fourth-order valence-corrected chi connectivity index (χ4v) is 3.16. The maximum atomic E-state index is 12.4. The first-order valence-electron chi connectivity index (χ1n) is 6.30. The molecule has 1 aromatic rings. The fourth-order valence-electron chi connectivity index (χ4n) is 3.16. The molecule has 1 aliphatic rings. The highest BCUT2D eigenvalue weighted by Crippen LogP contribution is 2.46. The molecule has 4 unspecified atom stereocenters. The summed E-state index contributed by atoms with van der Waals surface area (Å²) in [6.45, 7) is 3.86. The van der Waals surface area contributed by atoms with Crippen LogP contribution < -0.4 is 0 Å². The smallest absolute Gasteiger partial charge is 0.505 e. The maximum absolute atomic E-state index is 12.4. The van der Waals surface area contributed by atoms with E-state index in [2.05, 4.69) is 4.65 Å². The average molecular weight is 257 g/mol. The monoisotopic (exact) mass is 257 g/mol. The molecule has 1 saturated carbocycles. The van der Waals surface area contributed by atoms with E-state index in [1.807, 2.05) is 44.2 Å². The third-order valence-electron chi connectivity index (χ3n) is 3.88. The quantitative estimate of drug-likeness (QED) is 0.738. The second kappa shape index (κ2) is 4.96. The summed E-state index contributed by atoms with van der Waals surface area (Å²) in [6, 6.07) is 9.74. The van der Waals surface area contributed by atoms with E-state index in [1.165, 1.54) is 0 Å². The van der Waals surface area contributed by atoms with Crippen molar-refractivity contribution in [2.45, 2.75) is 32.3 Å². The summed E-state index contributed by atoms with van der Waals surface area (Å²) in [6.07, 6.45) is -0.229. The van der Waals surface area contributed by atoms with E-state index in [9.17, 15) is 12.9 Å². The first kappa shape index (κ1) is 13.5. The lowest BCUT2D eigenvalue weighted by molar-refractivity contribution is 0.0805. The Morgan fingerprint density at radius 2 is 1.72 bits per heavy atom. The Kier molecular flexibility index (Phi) is 3.71. The van der Waals surface area contributed by atoms with Gasteiger partial charge in [0.15, 0.2) is 0 Å². The lowest BCUT2D eigenvalue weighted by Gasteiger charge is -2.28. The first-order chi connectivity index (χ1) is 8.38. The van der Waals surface area contributed by atoms with Crippen molar-refractivity contribution in [3.63, 3.8) is 0 Å². The minimum Gasteiger partial charge on any atom is -0.505 e. The molecular formula is C13H17BF3O-. The molecule has 0 spiro atoms. The Labute approximate surface area is 105 Å². The molecule has 18 heavy (non-hydrogen) atoms. The molecule has 4 atom stereocenters. The number of hydrogen-bond acceptors (Lipinski definition) is 1. The highest BCUT2D eigenvalue weighted by Gasteiger charge is 2.42. The van der Waals surface area contributed by atoms with Gasteiger partial charge in [-0.2, -0.15) is 0 Å². The standard InChI is InChI=1S/C13H17BF3O/c1-9-8-12(18-14(15,16)17)10(2)13(9)11-6-4-3-5-7-11/h3-7,9-10,12-13H,8H2,1-2H3/q-1. The van der Waals surface area contributed by atoms with Crippen molar-refractivity contribution in [2.75, 3.05) is 0 Å². The molecule has 1 aliphatic carbocycles. The highest BCUT2D eigenvalue weighted by molar-refractivity contribution is 6.51. The fraction of sp³-hybridized carbons (Fsp3) is 0.538.